The largest absolute Gasteiger partial charge is 0.382 e. The summed E-state index contributed by atoms with van der Waals surface area (Å²) in [6, 6.07) is 2.31. The van der Waals surface area contributed by atoms with Crippen molar-refractivity contribution in [2.24, 2.45) is 0 Å². The van der Waals surface area contributed by atoms with Crippen LogP contribution < -0.4 is 16.2 Å². The molecule has 0 aliphatic carbocycles. The summed E-state index contributed by atoms with van der Waals surface area (Å²) in [5.74, 6) is -1.58. The van der Waals surface area contributed by atoms with Crippen LogP contribution in [-0.4, -0.2) is 35.3 Å². The van der Waals surface area contributed by atoms with Gasteiger partial charge in [0, 0.05) is 18.5 Å². The molecule has 1 fully saturated rings. The Balaban J connectivity index is 2.31. The van der Waals surface area contributed by atoms with Gasteiger partial charge in [-0.2, -0.15) is 0 Å². The maximum absolute atomic E-state index is 13.9. The van der Waals surface area contributed by atoms with Gasteiger partial charge in [0.1, 0.15) is 19.5 Å². The Morgan fingerprint density at radius 1 is 1.35 bits per heavy atom. The Bertz CT molecular complexity index is 988. The summed E-state index contributed by atoms with van der Waals surface area (Å²) in [6.45, 7) is 5.21. The van der Waals surface area contributed by atoms with Gasteiger partial charge in [-0.05, 0) is 33.3 Å². The number of hydrogen-bond acceptors (Lipinski definition) is 5. The number of amides is 2. The van der Waals surface area contributed by atoms with Gasteiger partial charge in [-0.15, -0.1) is 0 Å². The van der Waals surface area contributed by atoms with E-state index in [1.54, 1.807) is 0 Å². The topological polar surface area (TPSA) is 93.1 Å². The van der Waals surface area contributed by atoms with Crippen molar-refractivity contribution < 1.29 is 14.0 Å². The van der Waals surface area contributed by atoms with E-state index in [4.69, 9.17) is 7.85 Å². The minimum atomic E-state index is -1.74. The predicted molar refractivity (Wildman–Crippen MR) is 95.6 cm³/mol. The summed E-state index contributed by atoms with van der Waals surface area (Å²) in [7, 11) is 6.22. The number of fused-ring (bicyclic) bond motifs is 1. The average Bonchev–Trinajstić information content (AvgIpc) is 2.50. The van der Waals surface area contributed by atoms with Crippen LogP contribution in [0.5, 0.6) is 0 Å². The van der Waals surface area contributed by atoms with Gasteiger partial charge in [-0.3, -0.25) is 24.3 Å². The van der Waals surface area contributed by atoms with Gasteiger partial charge in [-0.25, -0.2) is 9.37 Å². The van der Waals surface area contributed by atoms with Gasteiger partial charge < -0.3 is 5.32 Å². The highest BCUT2D eigenvalue weighted by Gasteiger charge is 2.41. The van der Waals surface area contributed by atoms with E-state index < -0.39 is 28.6 Å². The van der Waals surface area contributed by atoms with Crippen LogP contribution in [0.25, 0.3) is 10.9 Å². The fraction of sp³-hybridized carbons (Fsp3) is 0.412. The average molecular weight is 356 g/mol. The van der Waals surface area contributed by atoms with Crippen LogP contribution in [0.15, 0.2) is 16.9 Å². The molecule has 1 atom stereocenters. The van der Waals surface area contributed by atoms with Crippen LogP contribution in [0.4, 0.5) is 10.1 Å². The molecular formula is C17H18BFN4O3. The number of piperidine rings is 1. The van der Waals surface area contributed by atoms with Gasteiger partial charge in [-0.1, -0.05) is 0 Å². The van der Waals surface area contributed by atoms with E-state index in [1.165, 1.54) is 13.0 Å². The number of hydrogen-bond donors (Lipinski definition) is 2. The summed E-state index contributed by atoms with van der Waals surface area (Å²) in [6.07, 6.45) is -0.0214. The summed E-state index contributed by atoms with van der Waals surface area (Å²) >= 11 is 0. The first-order valence-corrected chi connectivity index (χ1v) is 8.26. The molecule has 2 radical (unpaired) electrons. The molecule has 0 bridgehead atoms. The molecule has 1 aliphatic heterocycles. The van der Waals surface area contributed by atoms with Crippen LogP contribution in [0.2, 0.25) is 0 Å². The van der Waals surface area contributed by atoms with Crippen molar-refractivity contribution >= 4 is 36.3 Å². The first kappa shape index (κ1) is 18.1. The molecule has 1 aliphatic rings. The zero-order valence-electron chi connectivity index (χ0n) is 14.7. The monoisotopic (exact) mass is 356 g/mol. The maximum atomic E-state index is 13.9. The summed E-state index contributed by atoms with van der Waals surface area (Å²) in [5, 5.41) is 5.32. The second-order valence-corrected chi connectivity index (χ2v) is 6.75. The van der Waals surface area contributed by atoms with Crippen LogP contribution in [-0.2, 0) is 15.0 Å². The third-order valence-electron chi connectivity index (χ3n) is 4.33. The smallest absolute Gasteiger partial charge is 0.263 e. The van der Waals surface area contributed by atoms with Crippen molar-refractivity contribution in [3.63, 3.8) is 0 Å². The van der Waals surface area contributed by atoms with E-state index in [0.717, 1.165) is 10.6 Å². The van der Waals surface area contributed by atoms with Gasteiger partial charge in [0.2, 0.25) is 11.8 Å². The number of rotatable bonds is 3. The molecular weight excluding hydrogens is 338 g/mol. The molecule has 2 aromatic rings. The summed E-state index contributed by atoms with van der Waals surface area (Å²) in [4.78, 5) is 41.3. The molecule has 0 saturated carbocycles. The zero-order valence-corrected chi connectivity index (χ0v) is 14.7. The zero-order chi connectivity index (χ0) is 19.2. The van der Waals surface area contributed by atoms with Gasteiger partial charge in [0.25, 0.3) is 5.56 Å². The van der Waals surface area contributed by atoms with Gasteiger partial charge in [0.05, 0.1) is 22.0 Å². The number of anilines is 1. The fourth-order valence-corrected chi connectivity index (χ4v) is 3.21. The Labute approximate surface area is 150 Å². The summed E-state index contributed by atoms with van der Waals surface area (Å²) < 4.78 is 15.0. The first-order valence-electron chi connectivity index (χ1n) is 8.26. The molecule has 2 amide bonds. The lowest BCUT2D eigenvalue weighted by molar-refractivity contribution is -0.137. The lowest BCUT2D eigenvalue weighted by Gasteiger charge is -2.35. The number of nitrogens with one attached hydrogen (secondary N) is 2. The molecule has 1 aromatic carbocycles. The molecule has 1 aromatic heterocycles. The Morgan fingerprint density at radius 2 is 2.04 bits per heavy atom. The minimum absolute atomic E-state index is 0.00662. The predicted octanol–water partition coefficient (Wildman–Crippen LogP) is 0.922. The second-order valence-electron chi connectivity index (χ2n) is 6.75. The SMILES string of the molecule is [B]C1(n2c(C)nc3cc(F)cc(NC(C)C)c3c2=O)CCC(=O)NC1=O. The highest BCUT2D eigenvalue weighted by atomic mass is 19.1. The highest BCUT2D eigenvalue weighted by Crippen LogP contribution is 2.27. The van der Waals surface area contributed by atoms with Crippen molar-refractivity contribution in [2.45, 2.75) is 45.1 Å². The Hall–Kier alpha value is -2.71. The van der Waals surface area contributed by atoms with Crippen LogP contribution >= 0.6 is 0 Å². The number of benzene rings is 1. The van der Waals surface area contributed by atoms with Crippen LogP contribution in [0.3, 0.4) is 0 Å². The molecule has 9 heteroatoms. The molecule has 26 heavy (non-hydrogen) atoms. The molecule has 2 N–H and O–H groups in total. The number of imide groups is 1. The van der Waals surface area contributed by atoms with E-state index in [-0.39, 0.29) is 41.3 Å². The lowest BCUT2D eigenvalue weighted by atomic mass is 9.71. The van der Waals surface area contributed by atoms with Crippen LogP contribution in [0, 0.1) is 12.7 Å². The summed E-state index contributed by atoms with van der Waals surface area (Å²) in [5.41, 5.74) is -1.86. The molecule has 0 spiro atoms. The van der Waals surface area contributed by atoms with Crippen LogP contribution in [0.1, 0.15) is 32.5 Å². The van der Waals surface area contributed by atoms with E-state index in [0.29, 0.717) is 0 Å². The second kappa shape index (κ2) is 6.23. The van der Waals surface area contributed by atoms with Crippen molar-refractivity contribution in [2.75, 3.05) is 5.32 Å². The minimum Gasteiger partial charge on any atom is -0.382 e. The van der Waals surface area contributed by atoms with E-state index in [1.807, 2.05) is 13.8 Å². The third-order valence-corrected chi connectivity index (χ3v) is 4.33. The molecule has 3 rings (SSSR count). The maximum Gasteiger partial charge on any atom is 0.263 e. The number of halogens is 1. The Morgan fingerprint density at radius 3 is 2.65 bits per heavy atom. The quantitative estimate of drug-likeness (QED) is 0.630. The molecule has 7 nitrogen and oxygen atoms in total. The van der Waals surface area contributed by atoms with Crippen molar-refractivity contribution in [1.29, 1.82) is 0 Å². The normalized spacial score (nSPS) is 20.5. The molecule has 1 saturated heterocycles. The van der Waals surface area contributed by atoms with Crippen molar-refractivity contribution in [1.82, 2.24) is 14.9 Å². The molecule has 1 unspecified atom stereocenters. The standard InChI is InChI=1S/C17H18BFN4O3/c1-8(2)20-11-6-10(19)7-12-14(11)15(25)23(9(3)21-12)17(18)5-4-13(24)22-16(17)26/h6-8,20H,4-5H2,1-3H3,(H,22,24,26). The number of carbonyl (C=O) groups excluding carboxylic acids is 2. The fourth-order valence-electron chi connectivity index (χ4n) is 3.21. The molecule has 134 valence electrons. The molecule has 2 heterocycles. The van der Waals surface area contributed by atoms with E-state index in [2.05, 4.69) is 15.6 Å². The number of aryl methyl sites for hydroxylation is 1. The highest BCUT2D eigenvalue weighted by molar-refractivity contribution is 6.28. The lowest BCUT2D eigenvalue weighted by Crippen LogP contribution is -2.58. The van der Waals surface area contributed by atoms with Gasteiger partial charge >= 0.3 is 0 Å². The van der Waals surface area contributed by atoms with Crippen molar-refractivity contribution in [3.05, 3.63) is 34.1 Å². The van der Waals surface area contributed by atoms with Crippen molar-refractivity contribution in [3.8, 4) is 0 Å². The number of carbonyl (C=O) groups is 2. The Kier molecular flexibility index (Phi) is 4.33. The third kappa shape index (κ3) is 2.87. The number of nitrogens with zero attached hydrogens (tertiary/aromatic N) is 2. The van der Waals surface area contributed by atoms with Gasteiger partial charge in [0.15, 0.2) is 0 Å². The number of aromatic nitrogens is 2. The van der Waals surface area contributed by atoms with E-state index in [9.17, 15) is 18.8 Å². The van der Waals surface area contributed by atoms with E-state index >= 15 is 0 Å². The first-order chi connectivity index (χ1) is 12.1.